The maximum Gasteiger partial charge on any atom is 0.258 e. The highest BCUT2D eigenvalue weighted by atomic mass is 32.1. The Morgan fingerprint density at radius 2 is 1.91 bits per heavy atom. The van der Waals surface area contributed by atoms with Crippen molar-refractivity contribution in [3.8, 4) is 6.07 Å². The van der Waals surface area contributed by atoms with Crippen LogP contribution in [0.1, 0.15) is 43.2 Å². The number of rotatable bonds is 1. The zero-order valence-electron chi connectivity index (χ0n) is 13.0. The lowest BCUT2D eigenvalue weighted by Gasteiger charge is -2.33. The van der Waals surface area contributed by atoms with Crippen molar-refractivity contribution in [2.24, 2.45) is 11.3 Å². The number of hydrogen-bond donors (Lipinski definition) is 0. The van der Waals surface area contributed by atoms with E-state index in [-0.39, 0.29) is 17.2 Å². The molecule has 0 radical (unpaired) electrons. The van der Waals surface area contributed by atoms with Crippen LogP contribution in [0.2, 0.25) is 0 Å². The number of anilines is 1. The van der Waals surface area contributed by atoms with Crippen LogP contribution in [-0.2, 0) is 22.4 Å². The van der Waals surface area contributed by atoms with E-state index in [1.54, 1.807) is 0 Å². The summed E-state index contributed by atoms with van der Waals surface area (Å²) in [7, 11) is 0. The summed E-state index contributed by atoms with van der Waals surface area (Å²) >= 11 is 1.43. The molecule has 0 bridgehead atoms. The lowest BCUT2D eigenvalue weighted by atomic mass is 9.72. The Kier molecular flexibility index (Phi) is 3.45. The Labute approximate surface area is 134 Å². The van der Waals surface area contributed by atoms with Crippen molar-refractivity contribution in [1.29, 1.82) is 5.26 Å². The quantitative estimate of drug-likeness (QED) is 0.748. The highest BCUT2D eigenvalue weighted by molar-refractivity contribution is 7.17. The summed E-state index contributed by atoms with van der Waals surface area (Å²) in [4.78, 5) is 26.1. The Hall–Kier alpha value is -1.93. The number of fused-ring (bicyclic) bond motifs is 1. The third-order valence-corrected chi connectivity index (χ3v) is 5.84. The minimum absolute atomic E-state index is 0.218. The van der Waals surface area contributed by atoms with Crippen LogP contribution >= 0.6 is 11.3 Å². The summed E-state index contributed by atoms with van der Waals surface area (Å²) in [6.45, 7) is 6.71. The van der Waals surface area contributed by atoms with Crippen LogP contribution in [0.25, 0.3) is 0 Å². The topological polar surface area (TPSA) is 61.2 Å². The van der Waals surface area contributed by atoms with Crippen molar-refractivity contribution in [2.45, 2.75) is 40.0 Å². The van der Waals surface area contributed by atoms with E-state index in [9.17, 15) is 14.9 Å². The molecule has 22 heavy (non-hydrogen) atoms. The molecular formula is C17H18N2O2S. The van der Waals surface area contributed by atoms with Gasteiger partial charge < -0.3 is 0 Å². The largest absolute Gasteiger partial charge is 0.269 e. The maximum absolute atomic E-state index is 11.9. The molecule has 0 aromatic carbocycles. The SMILES string of the molecule is CC(C)(C)C1CCc2c(sc(N3C(=O)C=CC3=O)c2C#N)C1. The Morgan fingerprint density at radius 3 is 2.45 bits per heavy atom. The highest BCUT2D eigenvalue weighted by Gasteiger charge is 2.36. The zero-order valence-corrected chi connectivity index (χ0v) is 13.8. The van der Waals surface area contributed by atoms with E-state index in [2.05, 4.69) is 26.8 Å². The maximum atomic E-state index is 11.9. The third kappa shape index (κ3) is 2.28. The highest BCUT2D eigenvalue weighted by Crippen LogP contribution is 2.45. The molecule has 5 heteroatoms. The van der Waals surface area contributed by atoms with Crippen molar-refractivity contribution in [1.82, 2.24) is 0 Å². The van der Waals surface area contributed by atoms with Gasteiger partial charge in [-0.15, -0.1) is 11.3 Å². The predicted molar refractivity (Wildman–Crippen MR) is 85.6 cm³/mol. The van der Waals surface area contributed by atoms with Crippen LogP contribution in [0.3, 0.4) is 0 Å². The molecule has 114 valence electrons. The number of imide groups is 1. The van der Waals surface area contributed by atoms with E-state index in [1.165, 1.54) is 23.5 Å². The fraction of sp³-hybridized carbons (Fsp3) is 0.471. The summed E-state index contributed by atoms with van der Waals surface area (Å²) in [5, 5.41) is 10.0. The second-order valence-corrected chi connectivity index (χ2v) is 8.03. The summed E-state index contributed by atoms with van der Waals surface area (Å²) < 4.78 is 0. The fourth-order valence-corrected chi connectivity index (χ4v) is 4.57. The van der Waals surface area contributed by atoms with Gasteiger partial charge >= 0.3 is 0 Å². The van der Waals surface area contributed by atoms with Gasteiger partial charge in [0.2, 0.25) is 0 Å². The molecule has 2 aliphatic rings. The zero-order chi connectivity index (χ0) is 16.1. The minimum atomic E-state index is -0.354. The molecule has 1 atom stereocenters. The number of carbonyl (C=O) groups excluding carboxylic acids is 2. The van der Waals surface area contributed by atoms with Crippen LogP contribution in [0.4, 0.5) is 5.00 Å². The first-order valence-corrected chi connectivity index (χ1v) is 8.25. The Bertz CT molecular complexity index is 713. The molecule has 0 fully saturated rings. The summed E-state index contributed by atoms with van der Waals surface area (Å²) in [6.07, 6.45) is 5.34. The van der Waals surface area contributed by atoms with Crippen LogP contribution in [0.5, 0.6) is 0 Å². The van der Waals surface area contributed by atoms with E-state index in [0.717, 1.165) is 34.6 Å². The summed E-state index contributed by atoms with van der Waals surface area (Å²) in [5.41, 5.74) is 1.77. The number of thiophene rings is 1. The van der Waals surface area contributed by atoms with E-state index < -0.39 is 0 Å². The average molecular weight is 314 g/mol. The van der Waals surface area contributed by atoms with Gasteiger partial charge in [0, 0.05) is 17.0 Å². The molecule has 0 saturated heterocycles. The van der Waals surface area contributed by atoms with E-state index in [4.69, 9.17) is 0 Å². The average Bonchev–Trinajstić information content (AvgIpc) is 2.96. The minimum Gasteiger partial charge on any atom is -0.269 e. The molecule has 4 nitrogen and oxygen atoms in total. The van der Waals surface area contributed by atoms with Gasteiger partial charge in [-0.1, -0.05) is 20.8 Å². The molecule has 1 aliphatic heterocycles. The van der Waals surface area contributed by atoms with Crippen molar-refractivity contribution >= 4 is 28.2 Å². The third-order valence-electron chi connectivity index (χ3n) is 4.60. The van der Waals surface area contributed by atoms with Crippen LogP contribution in [0, 0.1) is 22.7 Å². The number of carbonyl (C=O) groups is 2. The lowest BCUT2D eigenvalue weighted by Crippen LogP contribution is -2.29. The van der Waals surface area contributed by atoms with Gasteiger partial charge in [-0.25, -0.2) is 4.90 Å². The molecule has 1 unspecified atom stereocenters. The number of amides is 2. The van der Waals surface area contributed by atoms with Gasteiger partial charge in [-0.05, 0) is 36.2 Å². The van der Waals surface area contributed by atoms with Crippen molar-refractivity contribution in [3.05, 3.63) is 28.2 Å². The predicted octanol–water partition coefficient (Wildman–Crippen LogP) is 3.20. The van der Waals surface area contributed by atoms with Gasteiger partial charge in [-0.2, -0.15) is 5.26 Å². The molecule has 1 aromatic rings. The van der Waals surface area contributed by atoms with E-state index in [0.29, 0.717) is 16.5 Å². The van der Waals surface area contributed by atoms with E-state index in [1.807, 2.05) is 0 Å². The van der Waals surface area contributed by atoms with Crippen molar-refractivity contribution < 1.29 is 9.59 Å². The van der Waals surface area contributed by atoms with Crippen LogP contribution in [-0.4, -0.2) is 11.8 Å². The molecular weight excluding hydrogens is 296 g/mol. The Balaban J connectivity index is 2.02. The monoisotopic (exact) mass is 314 g/mol. The second-order valence-electron chi connectivity index (χ2n) is 6.95. The van der Waals surface area contributed by atoms with Gasteiger partial charge in [0.1, 0.15) is 11.1 Å². The van der Waals surface area contributed by atoms with Gasteiger partial charge in [0.05, 0.1) is 5.56 Å². The summed E-state index contributed by atoms with van der Waals surface area (Å²) in [6, 6.07) is 2.21. The number of nitrogens with zero attached hydrogens (tertiary/aromatic N) is 2. The van der Waals surface area contributed by atoms with Crippen LogP contribution < -0.4 is 4.90 Å². The van der Waals surface area contributed by atoms with Gasteiger partial charge in [0.15, 0.2) is 0 Å². The van der Waals surface area contributed by atoms with Crippen LogP contribution in [0.15, 0.2) is 12.2 Å². The first-order chi connectivity index (χ1) is 10.3. The number of hydrogen-bond acceptors (Lipinski definition) is 4. The lowest BCUT2D eigenvalue weighted by molar-refractivity contribution is -0.119. The second kappa shape index (κ2) is 5.06. The first-order valence-electron chi connectivity index (χ1n) is 7.43. The molecule has 1 aromatic heterocycles. The Morgan fingerprint density at radius 1 is 1.27 bits per heavy atom. The fourth-order valence-electron chi connectivity index (χ4n) is 3.18. The molecule has 3 rings (SSSR count). The molecule has 1 aliphatic carbocycles. The standard InChI is InChI=1S/C17H18N2O2S/c1-17(2,3)10-4-5-11-12(9-18)16(22-13(11)8-10)19-14(20)6-7-15(19)21/h6-7,10H,4-5,8H2,1-3H3. The van der Waals surface area contributed by atoms with Crippen molar-refractivity contribution in [2.75, 3.05) is 4.90 Å². The molecule has 0 saturated carbocycles. The molecule has 0 spiro atoms. The molecule has 0 N–H and O–H groups in total. The van der Waals surface area contributed by atoms with E-state index >= 15 is 0 Å². The normalized spacial score (nSPS) is 21.2. The van der Waals surface area contributed by atoms with Gasteiger partial charge in [-0.3, -0.25) is 9.59 Å². The smallest absolute Gasteiger partial charge is 0.258 e. The van der Waals surface area contributed by atoms with Gasteiger partial charge in [0.25, 0.3) is 11.8 Å². The first kappa shape index (κ1) is 15.0. The molecule has 2 amide bonds. The summed E-state index contributed by atoms with van der Waals surface area (Å²) in [5.74, 6) is -0.152. The molecule has 2 heterocycles. The van der Waals surface area contributed by atoms with Crippen molar-refractivity contribution in [3.63, 3.8) is 0 Å². The number of nitriles is 1.